The molecule has 4 rings (SSSR count). The van der Waals surface area contributed by atoms with Crippen molar-refractivity contribution in [2.24, 2.45) is 12.0 Å². The van der Waals surface area contributed by atoms with Crippen molar-refractivity contribution in [1.82, 2.24) is 4.57 Å². The Balaban J connectivity index is 1.53. The average Bonchev–Trinajstić information content (AvgIpc) is 3.23. The van der Waals surface area contributed by atoms with Crippen LogP contribution in [-0.4, -0.2) is 31.0 Å². The first kappa shape index (κ1) is 16.5. The van der Waals surface area contributed by atoms with Crippen molar-refractivity contribution in [2.75, 3.05) is 20.5 Å². The van der Waals surface area contributed by atoms with E-state index in [9.17, 15) is 4.79 Å². The van der Waals surface area contributed by atoms with Crippen molar-refractivity contribution in [3.63, 3.8) is 0 Å². The predicted molar refractivity (Wildman–Crippen MR) is 96.0 cm³/mol. The van der Waals surface area contributed by atoms with Crippen LogP contribution in [0.4, 0.5) is 0 Å². The van der Waals surface area contributed by atoms with Gasteiger partial charge in [0.05, 0.1) is 17.3 Å². The van der Waals surface area contributed by atoms with E-state index in [4.69, 9.17) is 18.9 Å². The summed E-state index contributed by atoms with van der Waals surface area (Å²) >= 11 is 1.41. The van der Waals surface area contributed by atoms with Crippen LogP contribution in [-0.2, 0) is 11.8 Å². The lowest BCUT2D eigenvalue weighted by Gasteiger charge is -2.04. The second-order valence-corrected chi connectivity index (χ2v) is 6.60. The monoisotopic (exact) mass is 372 g/mol. The minimum atomic E-state index is -0.358. The zero-order valence-corrected chi connectivity index (χ0v) is 15.0. The van der Waals surface area contributed by atoms with Gasteiger partial charge in [0.15, 0.2) is 22.9 Å². The molecule has 0 saturated carbocycles. The van der Waals surface area contributed by atoms with Crippen LogP contribution < -0.4 is 23.7 Å². The smallest absolute Gasteiger partial charge is 0.286 e. The van der Waals surface area contributed by atoms with E-state index in [0.717, 1.165) is 16.0 Å². The van der Waals surface area contributed by atoms with Crippen LogP contribution in [0.1, 0.15) is 0 Å². The molecule has 0 radical (unpaired) electrons. The number of thiazole rings is 1. The number of rotatable bonds is 4. The maximum Gasteiger partial charge on any atom is 0.286 e. The second-order valence-electron chi connectivity index (χ2n) is 5.59. The number of hydrogen-bond donors (Lipinski definition) is 0. The first-order valence-electron chi connectivity index (χ1n) is 7.87. The fourth-order valence-corrected chi connectivity index (χ4v) is 3.63. The fourth-order valence-electron chi connectivity index (χ4n) is 2.58. The SMILES string of the molecule is COc1ccc(OCC(=O)N=c2sc3cc4c(cc3n2C)OCO4)cc1. The van der Waals surface area contributed by atoms with Gasteiger partial charge in [-0.05, 0) is 24.3 Å². The third kappa shape index (κ3) is 3.11. The summed E-state index contributed by atoms with van der Waals surface area (Å²) < 4.78 is 24.2. The van der Waals surface area contributed by atoms with Gasteiger partial charge in [-0.1, -0.05) is 11.3 Å². The highest BCUT2D eigenvalue weighted by atomic mass is 32.1. The molecule has 0 atom stereocenters. The van der Waals surface area contributed by atoms with Crippen molar-refractivity contribution in [1.29, 1.82) is 0 Å². The highest BCUT2D eigenvalue weighted by Gasteiger charge is 2.16. The molecule has 7 nitrogen and oxygen atoms in total. The Labute approximate surface area is 153 Å². The number of carbonyl (C=O) groups excluding carboxylic acids is 1. The van der Waals surface area contributed by atoms with Crippen LogP contribution in [0.2, 0.25) is 0 Å². The van der Waals surface area contributed by atoms with Gasteiger partial charge in [0, 0.05) is 19.2 Å². The maximum atomic E-state index is 12.2. The number of aromatic nitrogens is 1. The lowest BCUT2D eigenvalue weighted by Crippen LogP contribution is -2.17. The van der Waals surface area contributed by atoms with Gasteiger partial charge in [-0.15, -0.1) is 0 Å². The molecule has 8 heteroatoms. The van der Waals surface area contributed by atoms with E-state index in [2.05, 4.69) is 4.99 Å². The van der Waals surface area contributed by atoms with Crippen molar-refractivity contribution in [3.8, 4) is 23.0 Å². The van der Waals surface area contributed by atoms with Crippen molar-refractivity contribution in [2.45, 2.75) is 0 Å². The average molecular weight is 372 g/mol. The molecule has 0 aliphatic carbocycles. The predicted octanol–water partition coefficient (Wildman–Crippen LogP) is 2.48. The Morgan fingerprint density at radius 2 is 1.88 bits per heavy atom. The van der Waals surface area contributed by atoms with Gasteiger partial charge in [0.25, 0.3) is 5.91 Å². The minimum absolute atomic E-state index is 0.136. The van der Waals surface area contributed by atoms with Gasteiger partial charge >= 0.3 is 0 Å². The summed E-state index contributed by atoms with van der Waals surface area (Å²) in [6.07, 6.45) is 0. The molecule has 0 unspecified atom stereocenters. The Morgan fingerprint density at radius 1 is 1.19 bits per heavy atom. The van der Waals surface area contributed by atoms with E-state index < -0.39 is 0 Å². The van der Waals surface area contributed by atoms with Crippen molar-refractivity contribution in [3.05, 3.63) is 41.2 Å². The molecular weight excluding hydrogens is 356 g/mol. The molecule has 1 aliphatic heterocycles. The lowest BCUT2D eigenvalue weighted by molar-refractivity contribution is -0.120. The van der Waals surface area contributed by atoms with E-state index in [0.29, 0.717) is 22.0 Å². The topological polar surface area (TPSA) is 71.3 Å². The zero-order valence-electron chi connectivity index (χ0n) is 14.2. The number of methoxy groups -OCH3 is 1. The molecule has 0 N–H and O–H groups in total. The first-order valence-corrected chi connectivity index (χ1v) is 8.69. The lowest BCUT2D eigenvalue weighted by atomic mass is 10.3. The Bertz CT molecular complexity index is 1040. The molecular formula is C18H16N2O5S. The van der Waals surface area contributed by atoms with Crippen molar-refractivity contribution >= 4 is 27.5 Å². The molecule has 1 aromatic heterocycles. The number of benzene rings is 2. The molecule has 134 valence electrons. The molecule has 2 aromatic carbocycles. The zero-order chi connectivity index (χ0) is 18.1. The molecule has 2 heterocycles. The van der Waals surface area contributed by atoms with Crippen LogP contribution in [0.3, 0.4) is 0 Å². The van der Waals surface area contributed by atoms with Crippen LogP contribution in [0.5, 0.6) is 23.0 Å². The second kappa shape index (κ2) is 6.72. The third-order valence-corrected chi connectivity index (χ3v) is 5.04. The Morgan fingerprint density at radius 3 is 2.62 bits per heavy atom. The van der Waals surface area contributed by atoms with Gasteiger partial charge in [-0.3, -0.25) is 4.79 Å². The van der Waals surface area contributed by atoms with Gasteiger partial charge in [-0.25, -0.2) is 0 Å². The summed E-state index contributed by atoms with van der Waals surface area (Å²) in [6.45, 7) is 0.0953. The number of aryl methyl sites for hydroxylation is 1. The highest BCUT2D eigenvalue weighted by molar-refractivity contribution is 7.16. The molecule has 1 amide bonds. The van der Waals surface area contributed by atoms with Crippen LogP contribution >= 0.6 is 11.3 Å². The fraction of sp³-hybridized carbons (Fsp3) is 0.222. The van der Waals surface area contributed by atoms with E-state index >= 15 is 0 Å². The van der Waals surface area contributed by atoms with E-state index in [1.54, 1.807) is 31.4 Å². The van der Waals surface area contributed by atoms with Gasteiger partial charge < -0.3 is 23.5 Å². The number of carbonyl (C=O) groups is 1. The maximum absolute atomic E-state index is 12.2. The normalized spacial score (nSPS) is 13.2. The number of fused-ring (bicyclic) bond motifs is 2. The molecule has 0 spiro atoms. The van der Waals surface area contributed by atoms with Crippen LogP contribution in [0.15, 0.2) is 41.4 Å². The highest BCUT2D eigenvalue weighted by Crippen LogP contribution is 2.36. The summed E-state index contributed by atoms with van der Waals surface area (Å²) in [7, 11) is 3.45. The number of ether oxygens (including phenoxy) is 4. The van der Waals surface area contributed by atoms with E-state index in [1.807, 2.05) is 23.7 Å². The van der Waals surface area contributed by atoms with Gasteiger partial charge in [0.2, 0.25) is 6.79 Å². The van der Waals surface area contributed by atoms with Gasteiger partial charge in [-0.2, -0.15) is 4.99 Å². The number of nitrogens with zero attached hydrogens (tertiary/aromatic N) is 2. The molecule has 26 heavy (non-hydrogen) atoms. The number of hydrogen-bond acceptors (Lipinski definition) is 6. The molecule has 0 bridgehead atoms. The third-order valence-electron chi connectivity index (χ3n) is 3.95. The number of amides is 1. The minimum Gasteiger partial charge on any atom is -0.497 e. The molecule has 0 fully saturated rings. The first-order chi connectivity index (χ1) is 12.6. The summed E-state index contributed by atoms with van der Waals surface area (Å²) in [5.74, 6) is 2.36. The molecule has 0 saturated heterocycles. The van der Waals surface area contributed by atoms with Crippen molar-refractivity contribution < 1.29 is 23.7 Å². The Hall–Kier alpha value is -3.00. The Kier molecular flexibility index (Phi) is 4.26. The van der Waals surface area contributed by atoms with Crippen LogP contribution in [0.25, 0.3) is 10.2 Å². The summed E-state index contributed by atoms with van der Waals surface area (Å²) in [5.41, 5.74) is 0.932. The summed E-state index contributed by atoms with van der Waals surface area (Å²) in [4.78, 5) is 16.9. The van der Waals surface area contributed by atoms with E-state index in [-0.39, 0.29) is 19.3 Å². The molecule has 3 aromatic rings. The van der Waals surface area contributed by atoms with Gasteiger partial charge in [0.1, 0.15) is 11.5 Å². The quantitative estimate of drug-likeness (QED) is 0.704. The summed E-state index contributed by atoms with van der Waals surface area (Å²) in [6, 6.07) is 10.8. The summed E-state index contributed by atoms with van der Waals surface area (Å²) in [5, 5.41) is 0. The standard InChI is InChI=1S/C18H16N2O5S/c1-20-13-7-14-15(25-10-24-14)8-16(13)26-18(20)19-17(21)9-23-12-5-3-11(22-2)4-6-12/h3-8H,9-10H2,1-2H3. The van der Waals surface area contributed by atoms with E-state index in [1.165, 1.54) is 11.3 Å². The molecule has 1 aliphatic rings. The van der Waals surface area contributed by atoms with Crippen LogP contribution in [0, 0.1) is 0 Å². The largest absolute Gasteiger partial charge is 0.497 e.